The van der Waals surface area contributed by atoms with Gasteiger partial charge in [-0.3, -0.25) is 0 Å². The van der Waals surface area contributed by atoms with E-state index in [1.807, 2.05) is 0 Å². The zero-order valence-electron chi connectivity index (χ0n) is 3.13. The molecule has 0 rings (SSSR count). The number of rotatable bonds is 0. The number of hydrogen-bond donors (Lipinski definition) is 0. The van der Waals surface area contributed by atoms with Gasteiger partial charge in [-0.05, 0) is 0 Å². The molecule has 0 aliphatic rings. The van der Waals surface area contributed by atoms with Crippen molar-refractivity contribution in [2.45, 2.75) is 0 Å². The summed E-state index contributed by atoms with van der Waals surface area (Å²) < 4.78 is 0.836. The van der Waals surface area contributed by atoms with E-state index in [-0.39, 0.29) is 4.49 Å². The standard InChI is InChI=1S/C2Cl3.K/c3-1-2(4)5;. The van der Waals surface area contributed by atoms with Gasteiger partial charge in [0.1, 0.15) is 0 Å². The van der Waals surface area contributed by atoms with Crippen LogP contribution < -0.4 is 0 Å². The second-order valence-corrected chi connectivity index (χ2v) is 4.86. The number of hydrogen-bond acceptors (Lipinski definition) is 0. The van der Waals surface area contributed by atoms with Crippen molar-refractivity contribution in [3.05, 3.63) is 3.62 Å². The molecule has 0 bridgehead atoms. The molecule has 0 aliphatic carbocycles. The van der Waals surface area contributed by atoms with Gasteiger partial charge < -0.3 is 0 Å². The molecule has 0 aromatic carbocycles. The monoisotopic (exact) mass is 168 g/mol. The summed E-state index contributed by atoms with van der Waals surface area (Å²) >= 11 is 16.1. The summed E-state index contributed by atoms with van der Waals surface area (Å²) in [5.41, 5.74) is 0. The third kappa shape index (κ3) is 4.41. The van der Waals surface area contributed by atoms with Gasteiger partial charge in [0.25, 0.3) is 0 Å². The van der Waals surface area contributed by atoms with E-state index in [1.165, 1.54) is 0 Å². The van der Waals surface area contributed by atoms with E-state index in [0.29, 0.717) is 48.1 Å². The van der Waals surface area contributed by atoms with Crippen LogP contribution in [0, 0.1) is 0 Å². The van der Waals surface area contributed by atoms with Crippen LogP contribution in [-0.2, 0) is 0 Å². The van der Waals surface area contributed by atoms with Gasteiger partial charge in [-0.1, -0.05) is 0 Å². The predicted octanol–water partition coefficient (Wildman–Crippen LogP) is 2.00. The first-order chi connectivity index (χ1) is 2.64. The van der Waals surface area contributed by atoms with Crippen LogP contribution in [0.2, 0.25) is 0 Å². The summed E-state index contributed by atoms with van der Waals surface area (Å²) in [5, 5.41) is 0. The van der Waals surface area contributed by atoms with Crippen molar-refractivity contribution in [1.29, 1.82) is 0 Å². The van der Waals surface area contributed by atoms with Crippen LogP contribution in [0.4, 0.5) is 0 Å². The minimum absolute atomic E-state index is 0.219. The summed E-state index contributed by atoms with van der Waals surface area (Å²) in [4.78, 5) is 0. The van der Waals surface area contributed by atoms with Crippen LogP contribution in [0.25, 0.3) is 0 Å². The van der Waals surface area contributed by atoms with E-state index in [2.05, 4.69) is 0 Å². The van der Waals surface area contributed by atoms with Gasteiger partial charge in [-0.2, -0.15) is 0 Å². The molecule has 0 amide bonds. The van der Waals surface area contributed by atoms with Crippen LogP contribution in [0.15, 0.2) is 3.62 Å². The van der Waals surface area contributed by atoms with Crippen LogP contribution in [-0.4, -0.2) is 49.0 Å². The molecule has 0 N–H and O–H groups in total. The molecule has 0 nitrogen and oxygen atoms in total. The Bertz CT molecular complexity index is 58.9. The van der Waals surface area contributed by atoms with E-state index in [9.17, 15) is 0 Å². The molecule has 6 heavy (non-hydrogen) atoms. The molecular formula is C2Cl3K. The normalized spacial score (nSPS) is 8.17. The van der Waals surface area contributed by atoms with Gasteiger partial charge in [-0.15, -0.1) is 0 Å². The fraction of sp³-hybridized carbons (Fsp3) is 0. The Labute approximate surface area is 85.4 Å². The van der Waals surface area contributed by atoms with Crippen molar-refractivity contribution in [2.24, 2.45) is 0 Å². The summed E-state index contributed by atoms with van der Waals surface area (Å²) in [5.74, 6) is 0. The van der Waals surface area contributed by atoms with Crippen LogP contribution in [0.5, 0.6) is 0 Å². The zero-order valence-corrected chi connectivity index (χ0v) is 8.52. The maximum atomic E-state index is 5.31. The topological polar surface area (TPSA) is 0 Å². The third-order valence-electron chi connectivity index (χ3n) is 0.260. The van der Waals surface area contributed by atoms with Gasteiger partial charge in [-0.25, -0.2) is 0 Å². The molecule has 0 unspecified atom stereocenters. The molecule has 4 heteroatoms. The molecule has 0 radical (unpaired) electrons. The Kier molecular flexibility index (Phi) is 5.71. The molecule has 0 aliphatic heterocycles. The summed E-state index contributed by atoms with van der Waals surface area (Å²) in [6, 6.07) is 0. The summed E-state index contributed by atoms with van der Waals surface area (Å²) in [7, 11) is 0. The third-order valence-corrected chi connectivity index (χ3v) is 2.98. The fourth-order valence-corrected chi connectivity index (χ4v) is 0. The zero-order chi connectivity index (χ0) is 5.15. The number of halogens is 3. The van der Waals surface area contributed by atoms with E-state index in [4.69, 9.17) is 34.8 Å². The Morgan fingerprint density at radius 1 is 1.17 bits per heavy atom. The van der Waals surface area contributed by atoms with Gasteiger partial charge in [0.15, 0.2) is 0 Å². The molecule has 30 valence electrons. The van der Waals surface area contributed by atoms with Crippen molar-refractivity contribution in [3.63, 3.8) is 0 Å². The molecule has 0 saturated heterocycles. The van der Waals surface area contributed by atoms with E-state index in [1.54, 1.807) is 0 Å². The van der Waals surface area contributed by atoms with Crippen molar-refractivity contribution in [3.8, 4) is 0 Å². The quantitative estimate of drug-likeness (QED) is 0.487. The first-order valence-electron chi connectivity index (χ1n) is 1.32. The van der Waals surface area contributed by atoms with E-state index in [0.717, 1.165) is 0 Å². The van der Waals surface area contributed by atoms with Crippen molar-refractivity contribution < 1.29 is 0 Å². The van der Waals surface area contributed by atoms with Crippen molar-refractivity contribution in [1.82, 2.24) is 0 Å². The van der Waals surface area contributed by atoms with Crippen LogP contribution in [0.1, 0.15) is 0 Å². The second-order valence-electron chi connectivity index (χ2n) is 0.794. The SMILES string of the molecule is ClC(Cl)=[C](Cl)[K]. The molecule has 0 aromatic heterocycles. The van der Waals surface area contributed by atoms with Crippen LogP contribution in [0.3, 0.4) is 0 Å². The Balaban J connectivity index is 3.68. The maximum absolute atomic E-state index is 5.31. The molecule has 0 atom stereocenters. The average molecular weight is 169 g/mol. The molecular weight excluding hydrogens is 169 g/mol. The molecule has 0 spiro atoms. The van der Waals surface area contributed by atoms with Gasteiger partial charge in [0, 0.05) is 0 Å². The average Bonchev–Trinajstić information content (AvgIpc) is 1.36. The van der Waals surface area contributed by atoms with Crippen molar-refractivity contribution in [2.75, 3.05) is 0 Å². The summed E-state index contributed by atoms with van der Waals surface area (Å²) in [6.45, 7) is 0. The Morgan fingerprint density at radius 2 is 1.33 bits per heavy atom. The Hall–Kier alpha value is 2.25. The first kappa shape index (κ1) is 8.25. The van der Waals surface area contributed by atoms with Gasteiger partial charge in [0.2, 0.25) is 0 Å². The molecule has 0 aromatic rings. The van der Waals surface area contributed by atoms with E-state index >= 15 is 0 Å². The second kappa shape index (κ2) is 4.16. The fourth-order valence-electron chi connectivity index (χ4n) is 0. The Morgan fingerprint density at radius 3 is 1.33 bits per heavy atom. The summed E-state index contributed by atoms with van der Waals surface area (Å²) in [6.07, 6.45) is 0. The van der Waals surface area contributed by atoms with E-state index < -0.39 is 0 Å². The van der Waals surface area contributed by atoms with Crippen molar-refractivity contribution >= 4 is 83.8 Å². The molecule has 0 heterocycles. The van der Waals surface area contributed by atoms with Gasteiger partial charge in [0.05, 0.1) is 0 Å². The van der Waals surface area contributed by atoms with Gasteiger partial charge >= 0.3 is 87.4 Å². The van der Waals surface area contributed by atoms with Crippen LogP contribution >= 0.6 is 34.8 Å². The molecule has 0 fully saturated rings. The minimum atomic E-state index is 0.219. The molecule has 0 saturated carbocycles. The first-order valence-corrected chi connectivity index (χ1v) is 4.01. The predicted molar refractivity (Wildman–Crippen MR) is 30.3 cm³/mol.